The summed E-state index contributed by atoms with van der Waals surface area (Å²) in [6.07, 6.45) is 1.79. The maximum absolute atomic E-state index is 12.1. The Kier molecular flexibility index (Phi) is 5.36. The molecule has 1 aliphatic carbocycles. The molecule has 6 nitrogen and oxygen atoms in total. The standard InChI is InChI=1S/C15H25N3O3/c1-10-6-11(2)18(17-10)12(3)15(20)16-7-14(19)9-21-8-13-4-5-13/h6,12-14,19H,4-5,7-9H2,1-3H3,(H,16,20). The monoisotopic (exact) mass is 295 g/mol. The zero-order valence-electron chi connectivity index (χ0n) is 13.0. The van der Waals surface area contributed by atoms with Gasteiger partial charge in [0.2, 0.25) is 5.91 Å². The van der Waals surface area contributed by atoms with Crippen molar-refractivity contribution < 1.29 is 14.6 Å². The Balaban J connectivity index is 1.71. The van der Waals surface area contributed by atoms with Crippen molar-refractivity contribution in [3.8, 4) is 0 Å². The minimum Gasteiger partial charge on any atom is -0.389 e. The summed E-state index contributed by atoms with van der Waals surface area (Å²) >= 11 is 0. The first-order chi connectivity index (χ1) is 9.97. The molecule has 1 aromatic rings. The maximum atomic E-state index is 12.1. The summed E-state index contributed by atoms with van der Waals surface area (Å²) < 4.78 is 7.10. The van der Waals surface area contributed by atoms with Crippen molar-refractivity contribution in [3.63, 3.8) is 0 Å². The van der Waals surface area contributed by atoms with Crippen LogP contribution >= 0.6 is 0 Å². The highest BCUT2D eigenvalue weighted by Gasteiger charge is 2.22. The third kappa shape index (κ3) is 4.82. The Morgan fingerprint density at radius 2 is 2.29 bits per heavy atom. The predicted octanol–water partition coefficient (Wildman–Crippen LogP) is 0.965. The van der Waals surface area contributed by atoms with Gasteiger partial charge in [-0.2, -0.15) is 5.10 Å². The average molecular weight is 295 g/mol. The van der Waals surface area contributed by atoms with Gasteiger partial charge in [0, 0.05) is 18.8 Å². The van der Waals surface area contributed by atoms with Gasteiger partial charge in [-0.05, 0) is 45.6 Å². The van der Waals surface area contributed by atoms with E-state index in [1.807, 2.05) is 19.9 Å². The molecule has 1 fully saturated rings. The molecule has 2 rings (SSSR count). The van der Waals surface area contributed by atoms with Gasteiger partial charge in [0.15, 0.2) is 0 Å². The molecular formula is C15H25N3O3. The number of aliphatic hydroxyl groups excluding tert-OH is 1. The Bertz CT molecular complexity index is 483. The molecule has 0 radical (unpaired) electrons. The number of nitrogens with one attached hydrogen (secondary N) is 1. The minimum atomic E-state index is -0.666. The Labute approximate surface area is 125 Å². The molecule has 1 heterocycles. The van der Waals surface area contributed by atoms with Crippen LogP contribution in [0.25, 0.3) is 0 Å². The summed E-state index contributed by atoms with van der Waals surface area (Å²) in [4.78, 5) is 12.1. The van der Waals surface area contributed by atoms with Crippen molar-refractivity contribution in [2.45, 2.75) is 45.8 Å². The molecule has 0 aliphatic heterocycles. The molecule has 1 aromatic heterocycles. The van der Waals surface area contributed by atoms with Crippen molar-refractivity contribution in [1.82, 2.24) is 15.1 Å². The topological polar surface area (TPSA) is 76.4 Å². The fourth-order valence-corrected chi connectivity index (χ4v) is 2.23. The van der Waals surface area contributed by atoms with Crippen molar-refractivity contribution in [3.05, 3.63) is 17.5 Å². The highest BCUT2D eigenvalue weighted by Crippen LogP contribution is 2.28. The van der Waals surface area contributed by atoms with Crippen LogP contribution in [-0.4, -0.2) is 46.7 Å². The number of hydrogen-bond acceptors (Lipinski definition) is 4. The predicted molar refractivity (Wildman–Crippen MR) is 79.0 cm³/mol. The molecule has 0 spiro atoms. The lowest BCUT2D eigenvalue weighted by Gasteiger charge is -2.16. The van der Waals surface area contributed by atoms with Gasteiger partial charge in [0.05, 0.1) is 18.4 Å². The number of amides is 1. The van der Waals surface area contributed by atoms with Crippen LogP contribution < -0.4 is 5.32 Å². The molecule has 118 valence electrons. The first-order valence-electron chi connectivity index (χ1n) is 7.53. The number of ether oxygens (including phenoxy) is 1. The quantitative estimate of drug-likeness (QED) is 0.749. The van der Waals surface area contributed by atoms with Crippen LogP contribution in [0, 0.1) is 19.8 Å². The van der Waals surface area contributed by atoms with E-state index < -0.39 is 12.1 Å². The molecule has 1 saturated carbocycles. The van der Waals surface area contributed by atoms with E-state index in [1.165, 1.54) is 12.8 Å². The molecule has 21 heavy (non-hydrogen) atoms. The van der Waals surface area contributed by atoms with Crippen molar-refractivity contribution >= 4 is 5.91 Å². The van der Waals surface area contributed by atoms with Crippen LogP contribution in [-0.2, 0) is 9.53 Å². The van der Waals surface area contributed by atoms with Gasteiger partial charge in [-0.15, -0.1) is 0 Å². The summed E-state index contributed by atoms with van der Waals surface area (Å²) in [6, 6.07) is 1.54. The fourth-order valence-electron chi connectivity index (χ4n) is 2.23. The van der Waals surface area contributed by atoms with E-state index >= 15 is 0 Å². The molecule has 0 saturated heterocycles. The normalized spacial score (nSPS) is 17.5. The lowest BCUT2D eigenvalue weighted by molar-refractivity contribution is -0.124. The second-order valence-corrected chi connectivity index (χ2v) is 5.93. The van der Waals surface area contributed by atoms with E-state index in [4.69, 9.17) is 4.74 Å². The highest BCUT2D eigenvalue weighted by atomic mass is 16.5. The molecule has 6 heteroatoms. The Morgan fingerprint density at radius 3 is 2.86 bits per heavy atom. The molecule has 0 aromatic carbocycles. The number of aromatic nitrogens is 2. The van der Waals surface area contributed by atoms with Crippen LogP contribution in [0.2, 0.25) is 0 Å². The minimum absolute atomic E-state index is 0.151. The summed E-state index contributed by atoms with van der Waals surface area (Å²) in [5, 5.41) is 16.8. The number of aryl methyl sites for hydroxylation is 2. The van der Waals surface area contributed by atoms with Gasteiger partial charge in [-0.25, -0.2) is 0 Å². The van der Waals surface area contributed by atoms with Gasteiger partial charge < -0.3 is 15.2 Å². The molecular weight excluding hydrogens is 270 g/mol. The summed E-state index contributed by atoms with van der Waals surface area (Å²) in [6.45, 7) is 6.80. The second kappa shape index (κ2) is 7.04. The molecule has 1 aliphatic rings. The van der Waals surface area contributed by atoms with Crippen LogP contribution in [0.3, 0.4) is 0 Å². The zero-order chi connectivity index (χ0) is 15.4. The van der Waals surface area contributed by atoms with Crippen molar-refractivity contribution in [2.24, 2.45) is 5.92 Å². The number of nitrogens with zero attached hydrogens (tertiary/aromatic N) is 2. The highest BCUT2D eigenvalue weighted by molar-refractivity contribution is 5.79. The second-order valence-electron chi connectivity index (χ2n) is 5.93. The van der Waals surface area contributed by atoms with Gasteiger partial charge in [-0.3, -0.25) is 9.48 Å². The maximum Gasteiger partial charge on any atom is 0.244 e. The van der Waals surface area contributed by atoms with Gasteiger partial charge in [0.25, 0.3) is 0 Å². The Hall–Kier alpha value is -1.40. The van der Waals surface area contributed by atoms with E-state index in [-0.39, 0.29) is 19.1 Å². The van der Waals surface area contributed by atoms with Gasteiger partial charge >= 0.3 is 0 Å². The molecule has 1 amide bonds. The fraction of sp³-hybridized carbons (Fsp3) is 0.733. The largest absolute Gasteiger partial charge is 0.389 e. The SMILES string of the molecule is Cc1cc(C)n(C(C)C(=O)NCC(O)COCC2CC2)n1. The molecule has 2 N–H and O–H groups in total. The molecule has 2 unspecified atom stereocenters. The average Bonchev–Trinajstić information content (AvgIpc) is 3.19. The summed E-state index contributed by atoms with van der Waals surface area (Å²) in [7, 11) is 0. The number of hydrogen-bond donors (Lipinski definition) is 2. The summed E-state index contributed by atoms with van der Waals surface area (Å²) in [5.41, 5.74) is 1.84. The Morgan fingerprint density at radius 1 is 1.57 bits per heavy atom. The third-order valence-corrected chi connectivity index (χ3v) is 3.66. The lowest BCUT2D eigenvalue weighted by Crippen LogP contribution is -2.38. The first kappa shape index (κ1) is 16.0. The first-order valence-corrected chi connectivity index (χ1v) is 7.53. The van der Waals surface area contributed by atoms with E-state index in [2.05, 4.69) is 10.4 Å². The lowest BCUT2D eigenvalue weighted by atomic mass is 10.3. The van der Waals surface area contributed by atoms with Crippen LogP contribution in [0.5, 0.6) is 0 Å². The zero-order valence-corrected chi connectivity index (χ0v) is 13.0. The van der Waals surface area contributed by atoms with E-state index in [0.29, 0.717) is 12.5 Å². The number of rotatable bonds is 8. The van der Waals surface area contributed by atoms with E-state index in [0.717, 1.165) is 11.4 Å². The van der Waals surface area contributed by atoms with Crippen LogP contribution in [0.4, 0.5) is 0 Å². The van der Waals surface area contributed by atoms with Crippen molar-refractivity contribution in [2.75, 3.05) is 19.8 Å². The van der Waals surface area contributed by atoms with Crippen LogP contribution in [0.1, 0.15) is 37.2 Å². The van der Waals surface area contributed by atoms with Gasteiger partial charge in [0.1, 0.15) is 6.04 Å². The van der Waals surface area contributed by atoms with E-state index in [1.54, 1.807) is 11.6 Å². The van der Waals surface area contributed by atoms with Crippen LogP contribution in [0.15, 0.2) is 6.07 Å². The van der Waals surface area contributed by atoms with E-state index in [9.17, 15) is 9.90 Å². The number of carbonyl (C=O) groups is 1. The molecule has 2 atom stereocenters. The summed E-state index contributed by atoms with van der Waals surface area (Å²) in [5.74, 6) is 0.528. The number of aliphatic hydroxyl groups is 1. The molecule has 0 bridgehead atoms. The number of carbonyl (C=O) groups excluding carboxylic acids is 1. The van der Waals surface area contributed by atoms with Crippen molar-refractivity contribution in [1.29, 1.82) is 0 Å². The third-order valence-electron chi connectivity index (χ3n) is 3.66. The smallest absolute Gasteiger partial charge is 0.244 e. The van der Waals surface area contributed by atoms with Gasteiger partial charge in [-0.1, -0.05) is 0 Å².